The number of phenolic OH excluding ortho intramolecular Hbond substituents is 1. The highest BCUT2D eigenvalue weighted by molar-refractivity contribution is 6.30. The largest absolute Gasteiger partial charge is 0.508 e. The number of nitrogens with zero attached hydrogens (tertiary/aromatic N) is 3. The second kappa shape index (κ2) is 9.57. The number of aliphatic hydroxyl groups is 1. The van der Waals surface area contributed by atoms with Crippen LogP contribution in [-0.2, 0) is 6.54 Å². The van der Waals surface area contributed by atoms with Crippen LogP contribution in [0.5, 0.6) is 5.75 Å². The molecule has 5 nitrogen and oxygen atoms in total. The number of aliphatic hydroxyl groups excluding tert-OH is 1. The van der Waals surface area contributed by atoms with Crippen LogP contribution in [0.25, 0.3) is 0 Å². The third-order valence-electron chi connectivity index (χ3n) is 6.21. The standard InChI is InChI=1S/C21H34ClN3O2/c1-16(2)24-8-5-19(6-9-24)25-11-10-23(15-20(25)7-12-26)14-17-13-18(22)3-4-21(17)27/h3-4,13,16,19-20,26-27H,5-12,14-15H2,1-2H3. The summed E-state index contributed by atoms with van der Waals surface area (Å²) in [5.41, 5.74) is 0.879. The molecule has 2 aliphatic heterocycles. The van der Waals surface area contributed by atoms with E-state index in [-0.39, 0.29) is 6.61 Å². The zero-order valence-corrected chi connectivity index (χ0v) is 17.4. The van der Waals surface area contributed by atoms with Crippen molar-refractivity contribution in [2.45, 2.75) is 57.8 Å². The lowest BCUT2D eigenvalue weighted by Gasteiger charge is -2.48. The highest BCUT2D eigenvalue weighted by atomic mass is 35.5. The van der Waals surface area contributed by atoms with Crippen molar-refractivity contribution < 1.29 is 10.2 Å². The number of phenols is 1. The minimum atomic E-state index is 0.224. The molecular weight excluding hydrogens is 362 g/mol. The summed E-state index contributed by atoms with van der Waals surface area (Å²) < 4.78 is 0. The number of piperazine rings is 1. The molecule has 0 aromatic heterocycles. The minimum Gasteiger partial charge on any atom is -0.508 e. The van der Waals surface area contributed by atoms with Crippen LogP contribution in [0.1, 0.15) is 38.7 Å². The molecule has 0 amide bonds. The molecule has 0 radical (unpaired) electrons. The van der Waals surface area contributed by atoms with E-state index in [0.29, 0.717) is 35.4 Å². The molecule has 2 saturated heterocycles. The average molecular weight is 396 g/mol. The van der Waals surface area contributed by atoms with Crippen LogP contribution in [0.15, 0.2) is 18.2 Å². The number of rotatable bonds is 6. The molecule has 2 heterocycles. The molecule has 2 fully saturated rings. The lowest BCUT2D eigenvalue weighted by Crippen LogP contribution is -2.58. The number of hydrogen-bond donors (Lipinski definition) is 2. The van der Waals surface area contributed by atoms with Gasteiger partial charge in [-0.15, -0.1) is 0 Å². The molecule has 1 atom stereocenters. The van der Waals surface area contributed by atoms with E-state index < -0.39 is 0 Å². The highest BCUT2D eigenvalue weighted by Crippen LogP contribution is 2.27. The number of likely N-dealkylation sites (tertiary alicyclic amines) is 1. The molecule has 2 aliphatic rings. The molecule has 27 heavy (non-hydrogen) atoms. The number of benzene rings is 1. The van der Waals surface area contributed by atoms with Crippen molar-refractivity contribution in [1.82, 2.24) is 14.7 Å². The summed E-state index contributed by atoms with van der Waals surface area (Å²) in [7, 11) is 0. The van der Waals surface area contributed by atoms with Crippen molar-refractivity contribution in [2.24, 2.45) is 0 Å². The molecule has 0 aliphatic carbocycles. The van der Waals surface area contributed by atoms with Gasteiger partial charge in [0.1, 0.15) is 5.75 Å². The first-order valence-corrected chi connectivity index (χ1v) is 10.7. The summed E-state index contributed by atoms with van der Waals surface area (Å²) in [4.78, 5) is 7.59. The maximum atomic E-state index is 10.1. The van der Waals surface area contributed by atoms with Crippen molar-refractivity contribution >= 4 is 11.6 Å². The SMILES string of the molecule is CC(C)N1CCC(N2CCN(Cc3cc(Cl)ccc3O)CC2CCO)CC1. The van der Waals surface area contributed by atoms with Crippen LogP contribution >= 0.6 is 11.6 Å². The van der Waals surface area contributed by atoms with Gasteiger partial charge >= 0.3 is 0 Å². The summed E-state index contributed by atoms with van der Waals surface area (Å²) in [6.45, 7) is 10.8. The van der Waals surface area contributed by atoms with Crippen molar-refractivity contribution in [3.05, 3.63) is 28.8 Å². The van der Waals surface area contributed by atoms with Crippen LogP contribution in [0.2, 0.25) is 5.02 Å². The summed E-state index contributed by atoms with van der Waals surface area (Å²) in [5, 5.41) is 20.4. The predicted molar refractivity (Wildman–Crippen MR) is 110 cm³/mol. The second-order valence-electron chi connectivity index (χ2n) is 8.27. The lowest BCUT2D eigenvalue weighted by atomic mass is 9.97. The molecule has 1 aromatic carbocycles. The molecule has 3 rings (SSSR count). The van der Waals surface area contributed by atoms with Crippen LogP contribution < -0.4 is 0 Å². The Morgan fingerprint density at radius 3 is 2.56 bits per heavy atom. The Labute approximate surface area is 168 Å². The third kappa shape index (κ3) is 5.36. The quantitative estimate of drug-likeness (QED) is 0.775. The lowest BCUT2D eigenvalue weighted by molar-refractivity contribution is -0.000193. The molecule has 0 spiro atoms. The first-order valence-electron chi connectivity index (χ1n) is 10.3. The third-order valence-corrected chi connectivity index (χ3v) is 6.44. The fourth-order valence-corrected chi connectivity index (χ4v) is 4.81. The Bertz CT molecular complexity index is 605. The smallest absolute Gasteiger partial charge is 0.120 e. The van der Waals surface area contributed by atoms with Gasteiger partial charge in [0, 0.05) is 61.5 Å². The maximum Gasteiger partial charge on any atom is 0.120 e. The van der Waals surface area contributed by atoms with E-state index in [1.807, 2.05) is 6.07 Å². The van der Waals surface area contributed by atoms with E-state index in [1.54, 1.807) is 12.1 Å². The average Bonchev–Trinajstić information content (AvgIpc) is 2.65. The maximum absolute atomic E-state index is 10.1. The number of aromatic hydroxyl groups is 1. The van der Waals surface area contributed by atoms with Gasteiger partial charge in [-0.1, -0.05) is 11.6 Å². The van der Waals surface area contributed by atoms with Gasteiger partial charge in [-0.2, -0.15) is 0 Å². The normalized spacial score (nSPS) is 24.0. The van der Waals surface area contributed by atoms with Gasteiger partial charge in [0.25, 0.3) is 0 Å². The van der Waals surface area contributed by atoms with Crippen molar-refractivity contribution in [1.29, 1.82) is 0 Å². The van der Waals surface area contributed by atoms with Crippen molar-refractivity contribution in [3.63, 3.8) is 0 Å². The number of hydrogen-bond acceptors (Lipinski definition) is 5. The van der Waals surface area contributed by atoms with E-state index in [2.05, 4.69) is 28.5 Å². The number of halogens is 1. The number of piperidine rings is 1. The Kier molecular flexibility index (Phi) is 7.40. The topological polar surface area (TPSA) is 50.2 Å². The molecule has 0 bridgehead atoms. The van der Waals surface area contributed by atoms with Gasteiger partial charge in [0.2, 0.25) is 0 Å². The second-order valence-corrected chi connectivity index (χ2v) is 8.71. The Morgan fingerprint density at radius 1 is 1.15 bits per heavy atom. The zero-order chi connectivity index (χ0) is 19.4. The first kappa shape index (κ1) is 20.9. The van der Waals surface area contributed by atoms with Crippen LogP contribution in [0.3, 0.4) is 0 Å². The first-order chi connectivity index (χ1) is 13.0. The van der Waals surface area contributed by atoms with Crippen molar-refractivity contribution in [2.75, 3.05) is 39.3 Å². The van der Waals surface area contributed by atoms with Crippen LogP contribution in [-0.4, -0.2) is 82.4 Å². The molecule has 2 N–H and O–H groups in total. The Balaban J connectivity index is 1.61. The summed E-state index contributed by atoms with van der Waals surface area (Å²) in [5.74, 6) is 0.307. The molecular formula is C21H34ClN3O2. The van der Waals surface area contributed by atoms with Crippen molar-refractivity contribution in [3.8, 4) is 5.75 Å². The van der Waals surface area contributed by atoms with Gasteiger partial charge in [0.05, 0.1) is 0 Å². The molecule has 6 heteroatoms. The fourth-order valence-electron chi connectivity index (χ4n) is 4.62. The van der Waals surface area contributed by atoms with Gasteiger partial charge in [-0.05, 0) is 64.4 Å². The monoisotopic (exact) mass is 395 g/mol. The van der Waals surface area contributed by atoms with E-state index >= 15 is 0 Å². The van der Waals surface area contributed by atoms with Gasteiger partial charge in [0.15, 0.2) is 0 Å². The van der Waals surface area contributed by atoms with E-state index in [0.717, 1.165) is 31.6 Å². The molecule has 152 valence electrons. The summed E-state index contributed by atoms with van der Waals surface area (Å²) in [6, 6.07) is 6.87. The Morgan fingerprint density at radius 2 is 1.89 bits per heavy atom. The fraction of sp³-hybridized carbons (Fsp3) is 0.714. The van der Waals surface area contributed by atoms with E-state index in [4.69, 9.17) is 11.6 Å². The van der Waals surface area contributed by atoms with Gasteiger partial charge in [-0.3, -0.25) is 9.80 Å². The zero-order valence-electron chi connectivity index (χ0n) is 16.6. The van der Waals surface area contributed by atoms with Gasteiger partial charge < -0.3 is 15.1 Å². The molecule has 1 unspecified atom stereocenters. The minimum absolute atomic E-state index is 0.224. The van der Waals surface area contributed by atoms with Crippen LogP contribution in [0.4, 0.5) is 0 Å². The highest BCUT2D eigenvalue weighted by Gasteiger charge is 2.34. The molecule has 1 aromatic rings. The van der Waals surface area contributed by atoms with Gasteiger partial charge in [-0.25, -0.2) is 0 Å². The summed E-state index contributed by atoms with van der Waals surface area (Å²) >= 11 is 6.10. The Hall–Kier alpha value is -0.850. The van der Waals surface area contributed by atoms with Crippen LogP contribution in [0, 0.1) is 0 Å². The summed E-state index contributed by atoms with van der Waals surface area (Å²) in [6.07, 6.45) is 3.24. The molecule has 0 saturated carbocycles. The predicted octanol–water partition coefficient (Wildman–Crippen LogP) is 2.79. The van der Waals surface area contributed by atoms with E-state index in [1.165, 1.54) is 25.9 Å². The van der Waals surface area contributed by atoms with E-state index in [9.17, 15) is 10.2 Å².